The van der Waals surface area contributed by atoms with Crippen molar-refractivity contribution in [2.24, 2.45) is 5.92 Å². The molecule has 140 valence electrons. The smallest absolute Gasteiger partial charge is 0.328 e. The van der Waals surface area contributed by atoms with E-state index in [-0.39, 0.29) is 17.6 Å². The Hall–Kier alpha value is -1.67. The minimum atomic E-state index is -0.607. The quantitative estimate of drug-likeness (QED) is 0.442. The fraction of sp³-hybridized carbons (Fsp3) is 0.556. The van der Waals surface area contributed by atoms with Crippen LogP contribution in [-0.2, 0) is 27.2 Å². The van der Waals surface area contributed by atoms with Crippen LogP contribution in [0.1, 0.15) is 37.1 Å². The maximum absolute atomic E-state index is 12.4. The second-order valence-corrected chi connectivity index (χ2v) is 8.83. The molecule has 1 atom stereocenters. The Labute approximate surface area is 161 Å². The SMILES string of the molecule is COC(=O)[C@H](CC(C)C)NC(=O)CSc1ncnc2sc3c(c12)CCC3. The van der Waals surface area contributed by atoms with E-state index in [1.54, 1.807) is 17.7 Å². The van der Waals surface area contributed by atoms with Crippen LogP contribution >= 0.6 is 23.1 Å². The first kappa shape index (κ1) is 19.1. The van der Waals surface area contributed by atoms with Gasteiger partial charge in [-0.25, -0.2) is 14.8 Å². The van der Waals surface area contributed by atoms with Gasteiger partial charge in [0.1, 0.15) is 22.2 Å². The average Bonchev–Trinajstić information content (AvgIpc) is 3.19. The third-order valence-corrected chi connectivity index (χ3v) is 6.52. The Morgan fingerprint density at radius 3 is 2.88 bits per heavy atom. The number of nitrogens with one attached hydrogen (secondary N) is 1. The number of nitrogens with zero attached hydrogens (tertiary/aromatic N) is 2. The van der Waals surface area contributed by atoms with Crippen molar-refractivity contribution in [2.75, 3.05) is 12.9 Å². The molecule has 1 N–H and O–H groups in total. The van der Waals surface area contributed by atoms with E-state index in [0.29, 0.717) is 6.42 Å². The third kappa shape index (κ3) is 4.17. The molecule has 1 amide bonds. The largest absolute Gasteiger partial charge is 0.467 e. The van der Waals surface area contributed by atoms with Crippen molar-refractivity contribution in [3.8, 4) is 0 Å². The minimum absolute atomic E-state index is 0.190. The van der Waals surface area contributed by atoms with Crippen LogP contribution in [-0.4, -0.2) is 40.7 Å². The summed E-state index contributed by atoms with van der Waals surface area (Å²) in [5.74, 6) is -0.105. The van der Waals surface area contributed by atoms with Crippen molar-refractivity contribution in [2.45, 2.75) is 50.6 Å². The number of amides is 1. The molecule has 0 bridgehead atoms. The highest BCUT2D eigenvalue weighted by molar-refractivity contribution is 8.00. The molecular weight excluding hydrogens is 370 g/mol. The molecule has 26 heavy (non-hydrogen) atoms. The van der Waals surface area contributed by atoms with Crippen molar-refractivity contribution in [3.63, 3.8) is 0 Å². The molecule has 2 heterocycles. The fourth-order valence-electron chi connectivity index (χ4n) is 3.21. The maximum Gasteiger partial charge on any atom is 0.328 e. The van der Waals surface area contributed by atoms with Gasteiger partial charge < -0.3 is 10.1 Å². The molecule has 3 rings (SSSR count). The number of carbonyl (C=O) groups is 2. The highest BCUT2D eigenvalue weighted by Crippen LogP contribution is 2.39. The number of esters is 1. The van der Waals surface area contributed by atoms with E-state index in [1.165, 1.54) is 35.7 Å². The van der Waals surface area contributed by atoms with Crippen LogP contribution in [0.15, 0.2) is 11.4 Å². The lowest BCUT2D eigenvalue weighted by molar-refractivity contribution is -0.145. The summed E-state index contributed by atoms with van der Waals surface area (Å²) >= 11 is 3.13. The lowest BCUT2D eigenvalue weighted by atomic mass is 10.0. The van der Waals surface area contributed by atoms with Gasteiger partial charge in [0, 0.05) is 10.3 Å². The molecule has 0 radical (unpaired) electrons. The van der Waals surface area contributed by atoms with E-state index < -0.39 is 12.0 Å². The predicted molar refractivity (Wildman–Crippen MR) is 104 cm³/mol. The van der Waals surface area contributed by atoms with E-state index in [9.17, 15) is 9.59 Å². The molecule has 0 saturated heterocycles. The van der Waals surface area contributed by atoms with E-state index in [2.05, 4.69) is 15.3 Å². The van der Waals surface area contributed by atoms with Crippen LogP contribution in [0.25, 0.3) is 10.2 Å². The molecule has 0 fully saturated rings. The molecule has 0 spiro atoms. The summed E-state index contributed by atoms with van der Waals surface area (Å²) in [6.45, 7) is 4.01. The van der Waals surface area contributed by atoms with Crippen molar-refractivity contribution < 1.29 is 14.3 Å². The van der Waals surface area contributed by atoms with Gasteiger partial charge in [0.2, 0.25) is 5.91 Å². The Balaban J connectivity index is 1.68. The zero-order valence-corrected chi connectivity index (χ0v) is 16.8. The Morgan fingerprint density at radius 1 is 1.35 bits per heavy atom. The third-order valence-electron chi connectivity index (χ3n) is 4.33. The fourth-order valence-corrected chi connectivity index (χ4v) is 5.34. The Kier molecular flexibility index (Phi) is 6.13. The van der Waals surface area contributed by atoms with Gasteiger partial charge in [-0.05, 0) is 37.2 Å². The first-order valence-corrected chi connectivity index (χ1v) is 10.5. The van der Waals surface area contributed by atoms with Gasteiger partial charge in [-0.3, -0.25) is 4.79 Å². The highest BCUT2D eigenvalue weighted by atomic mass is 32.2. The molecule has 8 heteroatoms. The number of hydrogen-bond acceptors (Lipinski definition) is 7. The molecule has 0 aliphatic heterocycles. The Bertz CT molecular complexity index is 819. The van der Waals surface area contributed by atoms with Gasteiger partial charge in [0.25, 0.3) is 0 Å². The second-order valence-electron chi connectivity index (χ2n) is 6.78. The second kappa shape index (κ2) is 8.35. The van der Waals surface area contributed by atoms with Gasteiger partial charge in [0.05, 0.1) is 12.9 Å². The van der Waals surface area contributed by atoms with Crippen LogP contribution < -0.4 is 5.32 Å². The van der Waals surface area contributed by atoms with Gasteiger partial charge in [-0.1, -0.05) is 25.6 Å². The number of thioether (sulfide) groups is 1. The summed E-state index contributed by atoms with van der Waals surface area (Å²) < 4.78 is 4.79. The van der Waals surface area contributed by atoms with Crippen LogP contribution in [0, 0.1) is 5.92 Å². The lowest BCUT2D eigenvalue weighted by Gasteiger charge is -2.18. The Morgan fingerprint density at radius 2 is 2.15 bits per heavy atom. The normalized spacial score (nSPS) is 14.5. The van der Waals surface area contributed by atoms with Crippen LogP contribution in [0.4, 0.5) is 0 Å². The van der Waals surface area contributed by atoms with Crippen molar-refractivity contribution in [3.05, 3.63) is 16.8 Å². The number of fused-ring (bicyclic) bond motifs is 3. The number of methoxy groups -OCH3 is 1. The molecule has 2 aromatic rings. The number of hydrogen-bond donors (Lipinski definition) is 1. The van der Waals surface area contributed by atoms with Crippen LogP contribution in [0.3, 0.4) is 0 Å². The molecule has 0 saturated carbocycles. The lowest BCUT2D eigenvalue weighted by Crippen LogP contribution is -2.43. The standard InChI is InChI=1S/C18H23N3O3S2/c1-10(2)7-12(18(23)24-3)21-14(22)8-25-16-15-11-5-4-6-13(11)26-17(15)20-9-19-16/h9-10,12H,4-8H2,1-3H3,(H,21,22)/t12-/m0/s1. The number of rotatable bonds is 7. The molecule has 6 nitrogen and oxygen atoms in total. The molecule has 1 aliphatic carbocycles. The average molecular weight is 394 g/mol. The zero-order chi connectivity index (χ0) is 18.7. The number of aromatic nitrogens is 2. The first-order valence-electron chi connectivity index (χ1n) is 8.74. The molecule has 2 aromatic heterocycles. The monoisotopic (exact) mass is 393 g/mol. The van der Waals surface area contributed by atoms with E-state index in [4.69, 9.17) is 4.74 Å². The summed E-state index contributed by atoms with van der Waals surface area (Å²) in [6, 6.07) is -0.607. The predicted octanol–water partition coefficient (Wildman–Crippen LogP) is 2.98. The number of carbonyl (C=O) groups excluding carboxylic acids is 2. The topological polar surface area (TPSA) is 81.2 Å². The first-order chi connectivity index (χ1) is 12.5. The van der Waals surface area contributed by atoms with Gasteiger partial charge in [0.15, 0.2) is 0 Å². The number of aryl methyl sites for hydroxylation is 2. The summed E-state index contributed by atoms with van der Waals surface area (Å²) in [6.07, 6.45) is 5.45. The number of thiophene rings is 1. The van der Waals surface area contributed by atoms with Crippen molar-refractivity contribution in [1.29, 1.82) is 0 Å². The van der Waals surface area contributed by atoms with Gasteiger partial charge in [-0.2, -0.15) is 0 Å². The molecule has 0 aromatic carbocycles. The number of ether oxygens (including phenoxy) is 1. The molecule has 0 unspecified atom stereocenters. The van der Waals surface area contributed by atoms with Gasteiger partial charge in [-0.15, -0.1) is 11.3 Å². The highest BCUT2D eigenvalue weighted by Gasteiger charge is 2.24. The van der Waals surface area contributed by atoms with Crippen molar-refractivity contribution in [1.82, 2.24) is 15.3 Å². The molecule has 1 aliphatic rings. The van der Waals surface area contributed by atoms with Crippen molar-refractivity contribution >= 4 is 45.2 Å². The minimum Gasteiger partial charge on any atom is -0.467 e. The van der Waals surface area contributed by atoms with E-state index in [0.717, 1.165) is 28.1 Å². The summed E-state index contributed by atoms with van der Waals surface area (Å²) in [5.41, 5.74) is 1.35. The zero-order valence-electron chi connectivity index (χ0n) is 15.2. The summed E-state index contributed by atoms with van der Waals surface area (Å²) in [4.78, 5) is 35.4. The summed E-state index contributed by atoms with van der Waals surface area (Å²) in [5, 5.41) is 4.74. The van der Waals surface area contributed by atoms with Gasteiger partial charge >= 0.3 is 5.97 Å². The van der Waals surface area contributed by atoms with Crippen LogP contribution in [0.5, 0.6) is 0 Å². The van der Waals surface area contributed by atoms with E-state index in [1.807, 2.05) is 13.8 Å². The maximum atomic E-state index is 12.4. The summed E-state index contributed by atoms with van der Waals surface area (Å²) in [7, 11) is 1.34. The molecular formula is C18H23N3O3S2. The van der Waals surface area contributed by atoms with Crippen LogP contribution in [0.2, 0.25) is 0 Å². The van der Waals surface area contributed by atoms with E-state index >= 15 is 0 Å².